The first kappa shape index (κ1) is 20.0. The van der Waals surface area contributed by atoms with Crippen molar-refractivity contribution in [2.75, 3.05) is 6.61 Å². The molecule has 0 amide bonds. The summed E-state index contributed by atoms with van der Waals surface area (Å²) < 4.78 is 11.1. The second-order valence-corrected chi connectivity index (χ2v) is 5.67. The van der Waals surface area contributed by atoms with Crippen molar-refractivity contribution < 1.29 is 24.2 Å². The van der Waals surface area contributed by atoms with E-state index in [0.717, 1.165) is 35.7 Å². The highest BCUT2D eigenvalue weighted by molar-refractivity contribution is 5.79. The van der Waals surface area contributed by atoms with Gasteiger partial charge in [0.1, 0.15) is 17.8 Å². The number of ether oxygens (including phenoxy) is 2. The largest absolute Gasteiger partial charge is 0.494 e. The van der Waals surface area contributed by atoms with Crippen LogP contribution in [-0.4, -0.2) is 24.0 Å². The van der Waals surface area contributed by atoms with Crippen LogP contribution in [0.2, 0.25) is 0 Å². The van der Waals surface area contributed by atoms with Crippen LogP contribution in [0.15, 0.2) is 73.0 Å². The molecule has 0 aliphatic heterocycles. The summed E-state index contributed by atoms with van der Waals surface area (Å²) in [7, 11) is 0. The second kappa shape index (κ2) is 11.3. The van der Waals surface area contributed by atoms with Gasteiger partial charge in [-0.15, -0.1) is 0 Å². The van der Waals surface area contributed by atoms with E-state index < -0.39 is 5.97 Å². The zero-order chi connectivity index (χ0) is 19.3. The lowest BCUT2D eigenvalue weighted by molar-refractivity contribution is -0.131. The summed E-state index contributed by atoms with van der Waals surface area (Å²) in [4.78, 5) is 20.6. The third-order valence-electron chi connectivity index (χ3n) is 3.62. The summed E-state index contributed by atoms with van der Waals surface area (Å²) in [6.07, 6.45) is 8.51. The lowest BCUT2D eigenvalue weighted by Gasteiger charge is -2.07. The zero-order valence-electron chi connectivity index (χ0n) is 14.9. The molecule has 2 aromatic carbocycles. The molecule has 0 aromatic heterocycles. The number of allylic oxidation sites excluding steroid dienone is 2. The van der Waals surface area contributed by atoms with Gasteiger partial charge in [0, 0.05) is 12.5 Å². The second-order valence-electron chi connectivity index (χ2n) is 5.67. The lowest BCUT2D eigenvalue weighted by Crippen LogP contribution is -1.96. The minimum Gasteiger partial charge on any atom is -0.494 e. The molecule has 2 rings (SSSR count). The van der Waals surface area contributed by atoms with Crippen molar-refractivity contribution in [2.45, 2.75) is 19.3 Å². The molecule has 5 nitrogen and oxygen atoms in total. The predicted octanol–water partition coefficient (Wildman–Crippen LogP) is 4.63. The third kappa shape index (κ3) is 7.61. The molecule has 1 N–H and O–H groups in total. The molecule has 0 aliphatic rings. The van der Waals surface area contributed by atoms with Gasteiger partial charge < -0.3 is 19.4 Å². The van der Waals surface area contributed by atoms with E-state index in [0.29, 0.717) is 25.2 Å². The molecule has 27 heavy (non-hydrogen) atoms. The number of carbonyl (C=O) groups is 2. The van der Waals surface area contributed by atoms with Crippen LogP contribution in [0.25, 0.3) is 11.1 Å². The summed E-state index contributed by atoms with van der Waals surface area (Å²) >= 11 is 0. The van der Waals surface area contributed by atoms with E-state index in [1.807, 2.05) is 48.5 Å². The van der Waals surface area contributed by atoms with E-state index in [1.54, 1.807) is 12.2 Å². The van der Waals surface area contributed by atoms with Crippen molar-refractivity contribution in [2.24, 2.45) is 0 Å². The molecular formula is C22H22O5. The number of hydrogen-bond acceptors (Lipinski definition) is 4. The lowest BCUT2D eigenvalue weighted by atomic mass is 10.1. The van der Waals surface area contributed by atoms with Crippen LogP contribution < -0.4 is 9.47 Å². The molecule has 0 bridgehead atoms. The van der Waals surface area contributed by atoms with Crippen LogP contribution in [0.5, 0.6) is 11.5 Å². The quantitative estimate of drug-likeness (QED) is 0.272. The average molecular weight is 366 g/mol. The first-order valence-electron chi connectivity index (χ1n) is 8.67. The fourth-order valence-corrected chi connectivity index (χ4v) is 2.28. The highest BCUT2D eigenvalue weighted by Gasteiger charge is 2.00. The van der Waals surface area contributed by atoms with E-state index >= 15 is 0 Å². The van der Waals surface area contributed by atoms with Crippen LogP contribution in [0, 0.1) is 0 Å². The molecule has 0 atom stereocenters. The molecule has 5 heteroatoms. The number of carboxylic acids is 1. The van der Waals surface area contributed by atoms with Gasteiger partial charge in [-0.05, 0) is 54.3 Å². The molecule has 0 saturated carbocycles. The monoisotopic (exact) mass is 366 g/mol. The standard InChI is InChI=1S/C22H22O5/c23-15-3-5-17-27-21-13-9-19(10-14-21)18-7-11-20(12-8-18)26-16-4-1-2-6-22(24)25/h2,5-15,17H,1,3-4,16H2,(H,24,25). The number of aldehydes is 1. The number of aliphatic carboxylic acids is 1. The summed E-state index contributed by atoms with van der Waals surface area (Å²) in [5.74, 6) is 0.555. The first-order chi connectivity index (χ1) is 13.2. The Balaban J connectivity index is 1.82. The molecule has 2 aromatic rings. The van der Waals surface area contributed by atoms with E-state index in [-0.39, 0.29) is 0 Å². The van der Waals surface area contributed by atoms with Crippen LogP contribution in [-0.2, 0) is 9.59 Å². The van der Waals surface area contributed by atoms with E-state index in [4.69, 9.17) is 14.6 Å². The smallest absolute Gasteiger partial charge is 0.327 e. The normalized spacial score (nSPS) is 11.0. The van der Waals surface area contributed by atoms with Gasteiger partial charge >= 0.3 is 5.97 Å². The fraction of sp³-hybridized carbons (Fsp3) is 0.182. The van der Waals surface area contributed by atoms with E-state index in [9.17, 15) is 9.59 Å². The van der Waals surface area contributed by atoms with Crippen molar-refractivity contribution in [1.82, 2.24) is 0 Å². The summed E-state index contributed by atoms with van der Waals surface area (Å²) in [5, 5.41) is 8.50. The number of hydrogen-bond donors (Lipinski definition) is 1. The maximum atomic E-state index is 10.4. The Morgan fingerprint density at radius 2 is 1.56 bits per heavy atom. The Labute approximate surface area is 158 Å². The molecule has 0 saturated heterocycles. The van der Waals surface area contributed by atoms with E-state index in [1.165, 1.54) is 6.26 Å². The molecule has 0 unspecified atom stereocenters. The Bertz CT molecular complexity index is 773. The fourth-order valence-electron chi connectivity index (χ4n) is 2.28. The maximum Gasteiger partial charge on any atom is 0.327 e. The topological polar surface area (TPSA) is 72.8 Å². The summed E-state index contributed by atoms with van der Waals surface area (Å²) in [6, 6.07) is 15.5. The average Bonchev–Trinajstić information content (AvgIpc) is 2.69. The van der Waals surface area contributed by atoms with E-state index in [2.05, 4.69) is 0 Å². The van der Waals surface area contributed by atoms with Gasteiger partial charge in [0.05, 0.1) is 12.9 Å². The van der Waals surface area contributed by atoms with Gasteiger partial charge in [-0.1, -0.05) is 30.3 Å². The Kier molecular flexibility index (Phi) is 8.37. The van der Waals surface area contributed by atoms with Crippen molar-refractivity contribution in [3.05, 3.63) is 73.0 Å². The van der Waals surface area contributed by atoms with Crippen LogP contribution >= 0.6 is 0 Å². The highest BCUT2D eigenvalue weighted by atomic mass is 16.5. The van der Waals surface area contributed by atoms with Crippen molar-refractivity contribution in [1.29, 1.82) is 0 Å². The maximum absolute atomic E-state index is 10.4. The molecule has 0 radical (unpaired) electrons. The number of unbranched alkanes of at least 4 members (excludes halogenated alkanes) is 1. The molecular weight excluding hydrogens is 344 g/mol. The van der Waals surface area contributed by atoms with Crippen molar-refractivity contribution in [3.8, 4) is 22.6 Å². The van der Waals surface area contributed by atoms with Gasteiger partial charge in [-0.3, -0.25) is 0 Å². The van der Waals surface area contributed by atoms with Crippen LogP contribution in [0.4, 0.5) is 0 Å². The Morgan fingerprint density at radius 3 is 2.15 bits per heavy atom. The van der Waals surface area contributed by atoms with Gasteiger partial charge in [-0.25, -0.2) is 4.79 Å². The molecule has 0 spiro atoms. The molecule has 0 aliphatic carbocycles. The van der Waals surface area contributed by atoms with Gasteiger partial charge in [0.2, 0.25) is 0 Å². The van der Waals surface area contributed by atoms with Crippen LogP contribution in [0.1, 0.15) is 19.3 Å². The SMILES string of the molecule is O=CCC=COc1ccc(-c2ccc(OCCCC=CC(=O)O)cc2)cc1. The van der Waals surface area contributed by atoms with Gasteiger partial charge in [0.25, 0.3) is 0 Å². The van der Waals surface area contributed by atoms with Crippen molar-refractivity contribution >= 4 is 12.3 Å². The zero-order valence-corrected chi connectivity index (χ0v) is 14.9. The minimum absolute atomic E-state index is 0.339. The number of carbonyl (C=O) groups excluding carboxylic acids is 1. The predicted molar refractivity (Wildman–Crippen MR) is 104 cm³/mol. The minimum atomic E-state index is -0.930. The number of carboxylic acid groups (broad SMARTS) is 1. The van der Waals surface area contributed by atoms with Crippen molar-refractivity contribution in [3.63, 3.8) is 0 Å². The highest BCUT2D eigenvalue weighted by Crippen LogP contribution is 2.24. The van der Waals surface area contributed by atoms with Gasteiger partial charge in [-0.2, -0.15) is 0 Å². The molecule has 0 heterocycles. The summed E-state index contributed by atoms with van der Waals surface area (Å²) in [6.45, 7) is 0.535. The van der Waals surface area contributed by atoms with Crippen LogP contribution in [0.3, 0.4) is 0 Å². The Hall–Kier alpha value is -3.34. The molecule has 0 fully saturated rings. The number of benzene rings is 2. The number of rotatable bonds is 11. The Morgan fingerprint density at radius 1 is 0.926 bits per heavy atom. The molecule has 140 valence electrons. The summed E-state index contributed by atoms with van der Waals surface area (Å²) in [5.41, 5.74) is 2.12. The third-order valence-corrected chi connectivity index (χ3v) is 3.62. The van der Waals surface area contributed by atoms with Gasteiger partial charge in [0.15, 0.2) is 0 Å². The first-order valence-corrected chi connectivity index (χ1v) is 8.67.